The van der Waals surface area contributed by atoms with Crippen LogP contribution >= 0.6 is 23.2 Å². The van der Waals surface area contributed by atoms with E-state index >= 15 is 0 Å². The highest BCUT2D eigenvalue weighted by Crippen LogP contribution is 2.20. The number of aryl methyl sites for hydroxylation is 1. The van der Waals surface area contributed by atoms with Gasteiger partial charge in [0.2, 0.25) is 0 Å². The van der Waals surface area contributed by atoms with E-state index in [-0.39, 0.29) is 5.91 Å². The van der Waals surface area contributed by atoms with Crippen molar-refractivity contribution in [2.75, 3.05) is 5.32 Å². The Balaban J connectivity index is 0.000000956. The number of halogens is 2. The summed E-state index contributed by atoms with van der Waals surface area (Å²) < 4.78 is 0. The standard InChI is InChI=1S/C14H11Cl2NO.C2H6/c1-9-3-2-4-13(5-9)17-14(18)10-6-11(15)8-12(16)7-10;1-2/h2-8H,1H3,(H,17,18);1-2H3. The fourth-order valence-corrected chi connectivity index (χ4v) is 2.14. The van der Waals surface area contributed by atoms with Gasteiger partial charge in [-0.15, -0.1) is 0 Å². The normalized spacial score (nSPS) is 9.45. The molecule has 0 bridgehead atoms. The molecule has 2 aromatic carbocycles. The number of carbonyl (C=O) groups excluding carboxylic acids is 1. The maximum atomic E-state index is 12.0. The van der Waals surface area contributed by atoms with Gasteiger partial charge in [0, 0.05) is 21.3 Å². The minimum atomic E-state index is -0.231. The van der Waals surface area contributed by atoms with Crippen molar-refractivity contribution < 1.29 is 4.79 Å². The highest BCUT2D eigenvalue weighted by atomic mass is 35.5. The van der Waals surface area contributed by atoms with Crippen molar-refractivity contribution in [3.63, 3.8) is 0 Å². The second-order valence-corrected chi connectivity index (χ2v) is 4.85. The minimum absolute atomic E-state index is 0.231. The Bertz CT molecular complexity index is 577. The Morgan fingerprint density at radius 1 is 1.00 bits per heavy atom. The molecule has 0 atom stereocenters. The van der Waals surface area contributed by atoms with Crippen LogP contribution in [0.2, 0.25) is 10.0 Å². The summed E-state index contributed by atoms with van der Waals surface area (Å²) >= 11 is 11.7. The lowest BCUT2D eigenvalue weighted by Gasteiger charge is -2.06. The molecule has 2 nitrogen and oxygen atoms in total. The number of nitrogens with one attached hydrogen (secondary N) is 1. The first-order valence-electron chi connectivity index (χ1n) is 6.39. The van der Waals surface area contributed by atoms with Crippen molar-refractivity contribution in [2.45, 2.75) is 20.8 Å². The molecule has 0 aliphatic carbocycles. The van der Waals surface area contributed by atoms with Crippen molar-refractivity contribution >= 4 is 34.8 Å². The van der Waals surface area contributed by atoms with E-state index in [1.54, 1.807) is 18.2 Å². The van der Waals surface area contributed by atoms with Crippen LogP contribution in [-0.4, -0.2) is 5.91 Å². The SMILES string of the molecule is CC.Cc1cccc(NC(=O)c2cc(Cl)cc(Cl)c2)c1. The number of carbonyl (C=O) groups is 1. The van der Waals surface area contributed by atoms with Crippen molar-refractivity contribution in [2.24, 2.45) is 0 Å². The van der Waals surface area contributed by atoms with Gasteiger partial charge in [-0.1, -0.05) is 49.2 Å². The van der Waals surface area contributed by atoms with Gasteiger partial charge in [0.05, 0.1) is 0 Å². The number of anilines is 1. The maximum absolute atomic E-state index is 12.0. The summed E-state index contributed by atoms with van der Waals surface area (Å²) in [6, 6.07) is 12.3. The number of rotatable bonds is 2. The molecule has 0 aromatic heterocycles. The molecule has 106 valence electrons. The summed E-state index contributed by atoms with van der Waals surface area (Å²) in [6.07, 6.45) is 0. The fraction of sp³-hybridized carbons (Fsp3) is 0.188. The van der Waals surface area contributed by atoms with Crippen LogP contribution in [0.1, 0.15) is 29.8 Å². The van der Waals surface area contributed by atoms with E-state index in [1.807, 2.05) is 45.0 Å². The van der Waals surface area contributed by atoms with Crippen LogP contribution < -0.4 is 5.32 Å². The first-order valence-corrected chi connectivity index (χ1v) is 7.14. The number of hydrogen-bond donors (Lipinski definition) is 1. The smallest absolute Gasteiger partial charge is 0.255 e. The summed E-state index contributed by atoms with van der Waals surface area (Å²) in [5, 5.41) is 3.68. The van der Waals surface area contributed by atoms with Gasteiger partial charge in [0.15, 0.2) is 0 Å². The van der Waals surface area contributed by atoms with Crippen LogP contribution in [0.3, 0.4) is 0 Å². The van der Waals surface area contributed by atoms with Gasteiger partial charge >= 0.3 is 0 Å². The topological polar surface area (TPSA) is 29.1 Å². The Morgan fingerprint density at radius 3 is 2.15 bits per heavy atom. The zero-order chi connectivity index (χ0) is 15.1. The average Bonchev–Trinajstić information content (AvgIpc) is 2.40. The van der Waals surface area contributed by atoms with Gasteiger partial charge in [-0.25, -0.2) is 0 Å². The van der Waals surface area contributed by atoms with E-state index in [2.05, 4.69) is 5.32 Å². The fourth-order valence-electron chi connectivity index (χ4n) is 1.61. The van der Waals surface area contributed by atoms with Crippen LogP contribution in [0.25, 0.3) is 0 Å². The van der Waals surface area contributed by atoms with E-state index in [1.165, 1.54) is 0 Å². The summed E-state index contributed by atoms with van der Waals surface area (Å²) in [5.41, 5.74) is 2.27. The maximum Gasteiger partial charge on any atom is 0.255 e. The molecule has 1 amide bonds. The highest BCUT2D eigenvalue weighted by Gasteiger charge is 2.08. The lowest BCUT2D eigenvalue weighted by molar-refractivity contribution is 0.102. The second kappa shape index (κ2) is 7.93. The summed E-state index contributed by atoms with van der Waals surface area (Å²) in [7, 11) is 0. The molecule has 4 heteroatoms. The van der Waals surface area contributed by atoms with Crippen LogP contribution in [0, 0.1) is 6.92 Å². The molecule has 2 rings (SSSR count). The molecule has 0 heterocycles. The van der Waals surface area contributed by atoms with Gasteiger partial charge in [-0.2, -0.15) is 0 Å². The molecule has 0 fully saturated rings. The van der Waals surface area contributed by atoms with Crippen LogP contribution in [0.4, 0.5) is 5.69 Å². The number of amides is 1. The summed E-state index contributed by atoms with van der Waals surface area (Å²) in [6.45, 7) is 5.96. The van der Waals surface area contributed by atoms with Crippen molar-refractivity contribution in [3.8, 4) is 0 Å². The van der Waals surface area contributed by atoms with Crippen molar-refractivity contribution in [1.82, 2.24) is 0 Å². The Kier molecular flexibility index (Phi) is 6.56. The average molecular weight is 310 g/mol. The predicted octanol–water partition coefficient (Wildman–Crippen LogP) is 5.58. The highest BCUT2D eigenvalue weighted by molar-refractivity contribution is 6.35. The van der Waals surface area contributed by atoms with Crippen molar-refractivity contribution in [3.05, 3.63) is 63.6 Å². The molecule has 0 saturated carbocycles. The van der Waals surface area contributed by atoms with Gasteiger partial charge in [0.1, 0.15) is 0 Å². The zero-order valence-electron chi connectivity index (χ0n) is 11.7. The number of hydrogen-bond acceptors (Lipinski definition) is 1. The third kappa shape index (κ3) is 4.87. The largest absolute Gasteiger partial charge is 0.322 e. The van der Waals surface area contributed by atoms with E-state index in [0.717, 1.165) is 11.3 Å². The van der Waals surface area contributed by atoms with E-state index in [4.69, 9.17) is 23.2 Å². The molecule has 0 saturated heterocycles. The van der Waals surface area contributed by atoms with Crippen LogP contribution in [0.15, 0.2) is 42.5 Å². The van der Waals surface area contributed by atoms with Gasteiger partial charge in [-0.3, -0.25) is 4.79 Å². The van der Waals surface area contributed by atoms with E-state index < -0.39 is 0 Å². The third-order valence-electron chi connectivity index (χ3n) is 2.40. The third-order valence-corrected chi connectivity index (χ3v) is 2.84. The summed E-state index contributed by atoms with van der Waals surface area (Å²) in [5.74, 6) is -0.231. The van der Waals surface area contributed by atoms with Crippen LogP contribution in [0.5, 0.6) is 0 Å². The van der Waals surface area contributed by atoms with E-state index in [9.17, 15) is 4.79 Å². The summed E-state index contributed by atoms with van der Waals surface area (Å²) in [4.78, 5) is 12.0. The molecule has 0 spiro atoms. The molecule has 20 heavy (non-hydrogen) atoms. The lowest BCUT2D eigenvalue weighted by Crippen LogP contribution is -2.11. The number of benzene rings is 2. The first-order chi connectivity index (χ1) is 9.54. The Labute approximate surface area is 129 Å². The van der Waals surface area contributed by atoms with Crippen molar-refractivity contribution in [1.29, 1.82) is 0 Å². The first kappa shape index (κ1) is 16.5. The Hall–Kier alpha value is -1.51. The van der Waals surface area contributed by atoms with E-state index in [0.29, 0.717) is 15.6 Å². The predicted molar refractivity (Wildman–Crippen MR) is 86.9 cm³/mol. The molecule has 0 unspecified atom stereocenters. The molecular formula is C16H17Cl2NO. The van der Waals surface area contributed by atoms with Crippen LogP contribution in [-0.2, 0) is 0 Å². The van der Waals surface area contributed by atoms with Gasteiger partial charge < -0.3 is 5.32 Å². The lowest BCUT2D eigenvalue weighted by atomic mass is 10.2. The molecule has 2 aromatic rings. The molecule has 1 N–H and O–H groups in total. The molecular weight excluding hydrogens is 293 g/mol. The van der Waals surface area contributed by atoms with Gasteiger partial charge in [0.25, 0.3) is 5.91 Å². The Morgan fingerprint density at radius 2 is 1.60 bits per heavy atom. The minimum Gasteiger partial charge on any atom is -0.322 e. The second-order valence-electron chi connectivity index (χ2n) is 3.98. The zero-order valence-corrected chi connectivity index (χ0v) is 13.2. The molecule has 0 aliphatic rings. The molecule has 0 radical (unpaired) electrons. The van der Waals surface area contributed by atoms with Gasteiger partial charge in [-0.05, 0) is 42.8 Å². The molecule has 0 aliphatic heterocycles. The quantitative estimate of drug-likeness (QED) is 0.770. The monoisotopic (exact) mass is 309 g/mol.